The first kappa shape index (κ1) is 9.53. The summed E-state index contributed by atoms with van der Waals surface area (Å²) in [5, 5.41) is 9.12. The van der Waals surface area contributed by atoms with Crippen LogP contribution in [0.1, 0.15) is 11.1 Å². The van der Waals surface area contributed by atoms with Crippen molar-refractivity contribution in [3.05, 3.63) is 65.7 Å². The Balaban J connectivity index is 2.15. The third kappa shape index (κ3) is 2.71. The average molecular weight is 198 g/mol. The largest absolute Gasteiger partial charge is 0.508 e. The van der Waals surface area contributed by atoms with Crippen LogP contribution >= 0.6 is 0 Å². The molecule has 0 amide bonds. The SMILES string of the molecule is Oc1ccc([14CH]=Cc2ccccc2)cc1. The lowest BCUT2D eigenvalue weighted by Gasteiger charge is -1.94. The van der Waals surface area contributed by atoms with E-state index in [1.54, 1.807) is 12.1 Å². The lowest BCUT2D eigenvalue weighted by Crippen LogP contribution is -1.71. The fourth-order valence-corrected chi connectivity index (χ4v) is 1.34. The van der Waals surface area contributed by atoms with E-state index in [-0.39, 0.29) is 0 Å². The molecular weight excluding hydrogens is 186 g/mol. The molecule has 0 saturated carbocycles. The van der Waals surface area contributed by atoms with E-state index in [0.717, 1.165) is 5.56 Å². The molecule has 0 atom stereocenters. The maximum absolute atomic E-state index is 9.12. The van der Waals surface area contributed by atoms with Crippen LogP contribution in [-0.4, -0.2) is 5.11 Å². The van der Waals surface area contributed by atoms with Crippen molar-refractivity contribution in [2.75, 3.05) is 0 Å². The topological polar surface area (TPSA) is 20.2 Å². The molecule has 0 aliphatic carbocycles. The second-order valence-electron chi connectivity index (χ2n) is 3.34. The molecule has 2 rings (SSSR count). The summed E-state index contributed by atoms with van der Waals surface area (Å²) in [6.45, 7) is 0. The van der Waals surface area contributed by atoms with Crippen molar-refractivity contribution in [3.8, 4) is 5.75 Å². The Bertz CT molecular complexity index is 441. The van der Waals surface area contributed by atoms with Gasteiger partial charge in [0.15, 0.2) is 0 Å². The molecule has 1 N–H and O–H groups in total. The van der Waals surface area contributed by atoms with Crippen molar-refractivity contribution in [1.29, 1.82) is 0 Å². The van der Waals surface area contributed by atoms with E-state index >= 15 is 0 Å². The third-order valence-corrected chi connectivity index (χ3v) is 2.16. The second-order valence-corrected chi connectivity index (χ2v) is 3.34. The third-order valence-electron chi connectivity index (χ3n) is 2.16. The van der Waals surface area contributed by atoms with Gasteiger partial charge >= 0.3 is 0 Å². The Morgan fingerprint density at radius 3 is 2.20 bits per heavy atom. The van der Waals surface area contributed by atoms with Gasteiger partial charge in [0.05, 0.1) is 0 Å². The summed E-state index contributed by atoms with van der Waals surface area (Å²) >= 11 is 0. The van der Waals surface area contributed by atoms with E-state index in [1.165, 1.54) is 5.56 Å². The minimum absolute atomic E-state index is 0.298. The zero-order valence-corrected chi connectivity index (χ0v) is 8.30. The lowest BCUT2D eigenvalue weighted by molar-refractivity contribution is 0.475. The summed E-state index contributed by atoms with van der Waals surface area (Å²) in [5.74, 6) is 0.298. The van der Waals surface area contributed by atoms with Gasteiger partial charge in [0.2, 0.25) is 0 Å². The van der Waals surface area contributed by atoms with Crippen LogP contribution in [0, 0.1) is 0 Å². The fraction of sp³-hybridized carbons (Fsp3) is 0. The molecule has 0 bridgehead atoms. The highest BCUT2D eigenvalue weighted by Gasteiger charge is 1.88. The lowest BCUT2D eigenvalue weighted by atomic mass is 10.2. The average Bonchev–Trinajstić information content (AvgIpc) is 2.30. The van der Waals surface area contributed by atoms with Crippen molar-refractivity contribution < 1.29 is 5.11 Å². The van der Waals surface area contributed by atoms with Gasteiger partial charge in [-0.3, -0.25) is 0 Å². The van der Waals surface area contributed by atoms with E-state index in [4.69, 9.17) is 5.11 Å². The first-order valence-corrected chi connectivity index (χ1v) is 4.87. The van der Waals surface area contributed by atoms with Crippen LogP contribution in [0.3, 0.4) is 0 Å². The van der Waals surface area contributed by atoms with E-state index < -0.39 is 0 Å². The summed E-state index contributed by atoms with van der Waals surface area (Å²) in [6.07, 6.45) is 4.07. The van der Waals surface area contributed by atoms with Crippen molar-refractivity contribution in [2.45, 2.75) is 0 Å². The molecule has 0 heterocycles. The van der Waals surface area contributed by atoms with Gasteiger partial charge in [-0.2, -0.15) is 0 Å². The van der Waals surface area contributed by atoms with Gasteiger partial charge in [-0.05, 0) is 23.3 Å². The molecule has 0 saturated heterocycles. The van der Waals surface area contributed by atoms with Gasteiger partial charge in [-0.1, -0.05) is 54.6 Å². The molecule has 15 heavy (non-hydrogen) atoms. The standard InChI is InChI=1S/C14H12O/c15-14-10-8-13(9-11-14)7-6-12-4-2-1-3-5-12/h1-11,15H/i7+2. The predicted octanol–water partition coefficient (Wildman–Crippen LogP) is 3.56. The highest BCUT2D eigenvalue weighted by Crippen LogP contribution is 2.12. The molecule has 0 unspecified atom stereocenters. The Morgan fingerprint density at radius 1 is 0.867 bits per heavy atom. The maximum Gasteiger partial charge on any atom is 0.115 e. The monoisotopic (exact) mass is 198 g/mol. The number of aromatic hydroxyl groups is 1. The molecule has 0 aromatic heterocycles. The zero-order valence-electron chi connectivity index (χ0n) is 8.30. The van der Waals surface area contributed by atoms with E-state index in [2.05, 4.69) is 12.1 Å². The molecule has 0 radical (unpaired) electrons. The van der Waals surface area contributed by atoms with Gasteiger partial charge in [0.25, 0.3) is 0 Å². The number of phenols is 1. The van der Waals surface area contributed by atoms with Crippen LogP contribution in [-0.2, 0) is 0 Å². The van der Waals surface area contributed by atoms with E-state index in [0.29, 0.717) is 5.75 Å². The molecule has 0 spiro atoms. The highest BCUT2D eigenvalue weighted by atomic mass is 16.3. The van der Waals surface area contributed by atoms with Crippen molar-refractivity contribution in [1.82, 2.24) is 0 Å². The highest BCUT2D eigenvalue weighted by molar-refractivity contribution is 5.69. The summed E-state index contributed by atoms with van der Waals surface area (Å²) < 4.78 is 0. The Kier molecular flexibility index (Phi) is 2.84. The van der Waals surface area contributed by atoms with Gasteiger partial charge in [0, 0.05) is 0 Å². The van der Waals surface area contributed by atoms with Gasteiger partial charge < -0.3 is 5.11 Å². The first-order valence-electron chi connectivity index (χ1n) is 4.87. The number of hydrogen-bond donors (Lipinski definition) is 1. The molecule has 0 aliphatic heterocycles. The first-order chi connectivity index (χ1) is 7.34. The number of phenolic OH excluding ortho intramolecular Hbond substituents is 1. The minimum Gasteiger partial charge on any atom is -0.508 e. The Labute approximate surface area is 89.3 Å². The number of hydrogen-bond acceptors (Lipinski definition) is 1. The summed E-state index contributed by atoms with van der Waals surface area (Å²) in [5.41, 5.74) is 2.25. The van der Waals surface area contributed by atoms with Gasteiger partial charge in [-0.25, -0.2) is 0 Å². The fourth-order valence-electron chi connectivity index (χ4n) is 1.34. The predicted molar refractivity (Wildman–Crippen MR) is 63.5 cm³/mol. The molecule has 2 aromatic rings. The normalized spacial score (nSPS) is 10.7. The van der Waals surface area contributed by atoms with Crippen LogP contribution in [0.5, 0.6) is 5.75 Å². The van der Waals surface area contributed by atoms with Crippen molar-refractivity contribution >= 4 is 12.2 Å². The van der Waals surface area contributed by atoms with Crippen LogP contribution in [0.15, 0.2) is 54.6 Å². The molecule has 0 fully saturated rings. The second kappa shape index (κ2) is 4.47. The molecule has 0 aliphatic rings. The Hall–Kier alpha value is -2.02. The quantitative estimate of drug-likeness (QED) is 0.731. The molecule has 1 heteroatoms. The van der Waals surface area contributed by atoms with Gasteiger partial charge in [0.1, 0.15) is 5.75 Å². The van der Waals surface area contributed by atoms with Crippen LogP contribution in [0.2, 0.25) is 0 Å². The molecule has 2 aromatic carbocycles. The molecule has 74 valence electrons. The molecule has 1 nitrogen and oxygen atoms in total. The van der Waals surface area contributed by atoms with Crippen LogP contribution in [0.25, 0.3) is 12.2 Å². The van der Waals surface area contributed by atoms with Crippen molar-refractivity contribution in [3.63, 3.8) is 0 Å². The minimum atomic E-state index is 0.298. The summed E-state index contributed by atoms with van der Waals surface area (Å²) in [6, 6.07) is 17.3. The molecular formula is C14H12O. The van der Waals surface area contributed by atoms with E-state index in [1.807, 2.05) is 42.5 Å². The van der Waals surface area contributed by atoms with Crippen molar-refractivity contribution in [2.24, 2.45) is 0 Å². The van der Waals surface area contributed by atoms with Crippen LogP contribution < -0.4 is 0 Å². The number of rotatable bonds is 2. The Morgan fingerprint density at radius 2 is 1.53 bits per heavy atom. The van der Waals surface area contributed by atoms with Crippen LogP contribution in [0.4, 0.5) is 0 Å². The zero-order chi connectivity index (χ0) is 10.5. The maximum atomic E-state index is 9.12. The smallest absolute Gasteiger partial charge is 0.115 e. The summed E-state index contributed by atoms with van der Waals surface area (Å²) in [4.78, 5) is 0. The number of benzene rings is 2. The summed E-state index contributed by atoms with van der Waals surface area (Å²) in [7, 11) is 0. The van der Waals surface area contributed by atoms with Gasteiger partial charge in [-0.15, -0.1) is 0 Å². The van der Waals surface area contributed by atoms with E-state index in [9.17, 15) is 0 Å².